The van der Waals surface area contributed by atoms with Crippen LogP contribution < -0.4 is 0 Å². The molecule has 2 aliphatic carbocycles. The minimum absolute atomic E-state index is 0.820. The molecule has 2 aliphatic rings. The molecular formula is C23H33Cl. The van der Waals surface area contributed by atoms with Gasteiger partial charge in [-0.3, -0.25) is 0 Å². The molecule has 0 N–H and O–H groups in total. The van der Waals surface area contributed by atoms with Crippen molar-refractivity contribution in [2.24, 2.45) is 17.8 Å². The Balaban J connectivity index is 1.42. The van der Waals surface area contributed by atoms with Gasteiger partial charge in [0.2, 0.25) is 0 Å². The number of aryl methyl sites for hydroxylation is 1. The van der Waals surface area contributed by atoms with E-state index in [1.54, 1.807) is 11.1 Å². The fourth-order valence-electron chi connectivity index (χ4n) is 5.11. The van der Waals surface area contributed by atoms with Gasteiger partial charge in [-0.1, -0.05) is 60.3 Å². The van der Waals surface area contributed by atoms with E-state index in [2.05, 4.69) is 37.3 Å². The first-order valence-corrected chi connectivity index (χ1v) is 10.5. The van der Waals surface area contributed by atoms with Crippen LogP contribution in [0.15, 0.2) is 35.9 Å². The van der Waals surface area contributed by atoms with Gasteiger partial charge in [0.25, 0.3) is 0 Å². The van der Waals surface area contributed by atoms with E-state index in [1.165, 1.54) is 69.8 Å². The Morgan fingerprint density at radius 2 is 1.46 bits per heavy atom. The Morgan fingerprint density at radius 1 is 0.875 bits per heavy atom. The van der Waals surface area contributed by atoms with Crippen molar-refractivity contribution in [3.05, 3.63) is 47.0 Å². The van der Waals surface area contributed by atoms with Crippen LogP contribution >= 0.6 is 11.6 Å². The van der Waals surface area contributed by atoms with Crippen LogP contribution in [-0.4, -0.2) is 0 Å². The lowest BCUT2D eigenvalue weighted by Crippen LogP contribution is -2.25. The predicted molar refractivity (Wildman–Crippen MR) is 106 cm³/mol. The van der Waals surface area contributed by atoms with Crippen molar-refractivity contribution in [3.63, 3.8) is 0 Å². The molecule has 2 fully saturated rings. The summed E-state index contributed by atoms with van der Waals surface area (Å²) in [5.74, 6) is 3.80. The second-order valence-corrected chi connectivity index (χ2v) is 8.49. The van der Waals surface area contributed by atoms with E-state index in [-0.39, 0.29) is 0 Å². The molecule has 132 valence electrons. The molecule has 0 aliphatic heterocycles. The van der Waals surface area contributed by atoms with Gasteiger partial charge in [0.15, 0.2) is 0 Å². The first-order chi connectivity index (χ1) is 11.8. The summed E-state index contributed by atoms with van der Waals surface area (Å²) in [6.07, 6.45) is 16.2. The summed E-state index contributed by atoms with van der Waals surface area (Å²) >= 11 is 5.63. The fraction of sp³-hybridized carbons (Fsp3) is 0.652. The standard InChI is InChI=1S/C23H33Cl/c1-18-5-9-20(10-6-18)22-13-15-23(16-14-22)21-11-7-19(8-12-21)4-2-3-17-24/h3,5-6,9-10,17,19,21-23H,2,4,7-8,11-16H2,1H3/b17-3+. The summed E-state index contributed by atoms with van der Waals surface area (Å²) < 4.78 is 0. The Kier molecular flexibility index (Phi) is 6.84. The van der Waals surface area contributed by atoms with E-state index in [0.717, 1.165) is 23.7 Å². The molecule has 2 saturated carbocycles. The Labute approximate surface area is 153 Å². The fourth-order valence-corrected chi connectivity index (χ4v) is 5.23. The van der Waals surface area contributed by atoms with Crippen molar-refractivity contribution in [2.45, 2.75) is 77.0 Å². The van der Waals surface area contributed by atoms with Crippen molar-refractivity contribution >= 4 is 11.6 Å². The maximum Gasteiger partial charge on any atom is 0.000245 e. The normalized spacial score (nSPS) is 31.4. The number of hydrogen-bond donors (Lipinski definition) is 0. The molecule has 3 rings (SSSR count). The van der Waals surface area contributed by atoms with Crippen LogP contribution in [0, 0.1) is 24.7 Å². The van der Waals surface area contributed by atoms with Crippen LogP contribution in [0.3, 0.4) is 0 Å². The van der Waals surface area contributed by atoms with Gasteiger partial charge in [0.05, 0.1) is 0 Å². The number of rotatable bonds is 5. The van der Waals surface area contributed by atoms with E-state index < -0.39 is 0 Å². The van der Waals surface area contributed by atoms with Gasteiger partial charge in [-0.25, -0.2) is 0 Å². The van der Waals surface area contributed by atoms with Gasteiger partial charge in [-0.2, -0.15) is 0 Å². The number of allylic oxidation sites excluding steroid dienone is 1. The summed E-state index contributed by atoms with van der Waals surface area (Å²) in [4.78, 5) is 0. The molecule has 0 amide bonds. The molecule has 0 atom stereocenters. The van der Waals surface area contributed by atoms with Crippen molar-refractivity contribution < 1.29 is 0 Å². The molecule has 1 heteroatoms. The van der Waals surface area contributed by atoms with Crippen LogP contribution in [0.1, 0.15) is 81.3 Å². The zero-order chi connectivity index (χ0) is 16.8. The molecule has 0 spiro atoms. The van der Waals surface area contributed by atoms with Crippen molar-refractivity contribution in [1.29, 1.82) is 0 Å². The average Bonchev–Trinajstić information content (AvgIpc) is 2.63. The highest BCUT2D eigenvalue weighted by atomic mass is 35.5. The molecule has 0 heterocycles. The van der Waals surface area contributed by atoms with Gasteiger partial charge in [-0.15, -0.1) is 0 Å². The third kappa shape index (κ3) is 4.88. The zero-order valence-corrected chi connectivity index (χ0v) is 16.0. The molecule has 0 radical (unpaired) electrons. The maximum atomic E-state index is 5.63. The average molecular weight is 345 g/mol. The van der Waals surface area contributed by atoms with E-state index in [1.807, 2.05) is 0 Å². The first kappa shape index (κ1) is 18.1. The van der Waals surface area contributed by atoms with E-state index >= 15 is 0 Å². The molecule has 0 nitrogen and oxygen atoms in total. The highest BCUT2D eigenvalue weighted by Crippen LogP contribution is 2.44. The van der Waals surface area contributed by atoms with Gasteiger partial charge in [-0.05, 0) is 87.5 Å². The van der Waals surface area contributed by atoms with Gasteiger partial charge < -0.3 is 0 Å². The molecule has 0 aromatic heterocycles. The third-order valence-electron chi connectivity index (χ3n) is 6.71. The van der Waals surface area contributed by atoms with Crippen molar-refractivity contribution in [2.75, 3.05) is 0 Å². The van der Waals surface area contributed by atoms with Gasteiger partial charge in [0.1, 0.15) is 0 Å². The summed E-state index contributed by atoms with van der Waals surface area (Å²) in [5.41, 5.74) is 4.64. The summed E-state index contributed by atoms with van der Waals surface area (Å²) in [7, 11) is 0. The van der Waals surface area contributed by atoms with Crippen molar-refractivity contribution in [1.82, 2.24) is 0 Å². The lowest BCUT2D eigenvalue weighted by molar-refractivity contribution is 0.157. The minimum atomic E-state index is 0.820. The van der Waals surface area contributed by atoms with Gasteiger partial charge >= 0.3 is 0 Å². The number of halogens is 1. The SMILES string of the molecule is Cc1ccc(C2CCC(C3CCC(CC/C=C/Cl)CC3)CC2)cc1. The monoisotopic (exact) mass is 344 g/mol. The molecule has 24 heavy (non-hydrogen) atoms. The molecule has 1 aromatic rings. The second kappa shape index (κ2) is 9.09. The van der Waals surface area contributed by atoms with E-state index in [9.17, 15) is 0 Å². The molecule has 1 aromatic carbocycles. The zero-order valence-electron chi connectivity index (χ0n) is 15.2. The Hall–Kier alpha value is -0.750. The highest BCUT2D eigenvalue weighted by molar-refractivity contribution is 6.25. The van der Waals surface area contributed by atoms with E-state index in [4.69, 9.17) is 11.6 Å². The number of hydrogen-bond acceptors (Lipinski definition) is 0. The molecule has 0 saturated heterocycles. The minimum Gasteiger partial charge on any atom is -0.0933 e. The first-order valence-electron chi connectivity index (χ1n) is 10.1. The molecular weight excluding hydrogens is 312 g/mol. The smallest absolute Gasteiger partial charge is 0.000245 e. The number of benzene rings is 1. The summed E-state index contributed by atoms with van der Waals surface area (Å²) in [6, 6.07) is 9.28. The van der Waals surface area contributed by atoms with Crippen LogP contribution in [0.4, 0.5) is 0 Å². The summed E-state index contributed by atoms with van der Waals surface area (Å²) in [5, 5.41) is 0. The third-order valence-corrected chi connectivity index (χ3v) is 6.89. The van der Waals surface area contributed by atoms with Crippen LogP contribution in [0.2, 0.25) is 0 Å². The predicted octanol–water partition coefficient (Wildman–Crippen LogP) is 7.61. The maximum absolute atomic E-state index is 5.63. The second-order valence-electron chi connectivity index (χ2n) is 8.24. The quantitative estimate of drug-likeness (QED) is 0.515. The van der Waals surface area contributed by atoms with Crippen molar-refractivity contribution in [3.8, 4) is 0 Å². The molecule has 0 unspecified atom stereocenters. The Morgan fingerprint density at radius 3 is 2.04 bits per heavy atom. The van der Waals surface area contributed by atoms with Crippen LogP contribution in [-0.2, 0) is 0 Å². The molecule has 0 bridgehead atoms. The largest absolute Gasteiger partial charge is 0.0933 e. The topological polar surface area (TPSA) is 0 Å². The summed E-state index contributed by atoms with van der Waals surface area (Å²) in [6.45, 7) is 2.18. The lowest BCUT2D eigenvalue weighted by Gasteiger charge is -2.38. The highest BCUT2D eigenvalue weighted by Gasteiger charge is 2.31. The van der Waals surface area contributed by atoms with E-state index in [0.29, 0.717) is 0 Å². The van der Waals surface area contributed by atoms with Crippen LogP contribution in [0.5, 0.6) is 0 Å². The lowest BCUT2D eigenvalue weighted by atomic mass is 9.68. The van der Waals surface area contributed by atoms with Gasteiger partial charge in [0, 0.05) is 5.54 Å². The van der Waals surface area contributed by atoms with Crippen LogP contribution in [0.25, 0.3) is 0 Å². The Bertz CT molecular complexity index is 499.